The lowest BCUT2D eigenvalue weighted by Crippen LogP contribution is -2.43. The molecular formula is C29H31NO4. The van der Waals surface area contributed by atoms with E-state index in [1.54, 1.807) is 4.90 Å². The summed E-state index contributed by atoms with van der Waals surface area (Å²) >= 11 is 0. The number of esters is 1. The van der Waals surface area contributed by atoms with Gasteiger partial charge in [-0.15, -0.1) is 0 Å². The van der Waals surface area contributed by atoms with Crippen molar-refractivity contribution in [3.05, 3.63) is 113 Å². The largest absolute Gasteiger partial charge is 0.510 e. The van der Waals surface area contributed by atoms with Gasteiger partial charge in [-0.05, 0) is 48.1 Å². The van der Waals surface area contributed by atoms with Gasteiger partial charge in [-0.2, -0.15) is 0 Å². The number of hydrogen-bond donors (Lipinski definition) is 2. The van der Waals surface area contributed by atoms with E-state index in [2.05, 4.69) is 12.1 Å². The van der Waals surface area contributed by atoms with Crippen LogP contribution in [0.3, 0.4) is 0 Å². The van der Waals surface area contributed by atoms with Gasteiger partial charge in [0.25, 0.3) is 0 Å². The molecular weight excluding hydrogens is 426 g/mol. The van der Waals surface area contributed by atoms with Gasteiger partial charge in [0.1, 0.15) is 11.4 Å². The molecule has 1 aliphatic rings. The topological polar surface area (TPSA) is 70.0 Å². The third-order valence-electron chi connectivity index (χ3n) is 6.29. The molecule has 1 aliphatic heterocycles. The standard InChI is InChI=1S/C29H31NO4/c1-2-18-30(25-15-9-12-23(19-25)21-31)27-26(32)20-29(34-28(27)33,24-13-7-4-8-14-24)17-16-22-10-5-3-6-11-22/h3-15,19,31-32H,2,16-18,20-21H2,1H3. The summed E-state index contributed by atoms with van der Waals surface area (Å²) in [6.07, 6.45) is 2.23. The molecule has 0 spiro atoms. The first-order valence-corrected chi connectivity index (χ1v) is 11.8. The number of aryl methyl sites for hydroxylation is 1. The molecule has 3 aromatic carbocycles. The highest BCUT2D eigenvalue weighted by Crippen LogP contribution is 2.42. The number of cyclic esters (lactones) is 1. The van der Waals surface area contributed by atoms with E-state index in [1.807, 2.05) is 79.7 Å². The maximum atomic E-state index is 13.5. The fourth-order valence-corrected chi connectivity index (χ4v) is 4.59. The fraction of sp³-hybridized carbons (Fsp3) is 0.276. The van der Waals surface area contributed by atoms with Crippen LogP contribution in [0.2, 0.25) is 0 Å². The average Bonchev–Trinajstić information content (AvgIpc) is 2.88. The van der Waals surface area contributed by atoms with E-state index in [0.717, 1.165) is 28.8 Å². The van der Waals surface area contributed by atoms with Gasteiger partial charge in [-0.3, -0.25) is 0 Å². The monoisotopic (exact) mass is 457 g/mol. The smallest absolute Gasteiger partial charge is 0.359 e. The number of anilines is 1. The molecule has 2 N–H and O–H groups in total. The van der Waals surface area contributed by atoms with Crippen molar-refractivity contribution in [3.8, 4) is 0 Å². The number of rotatable bonds is 9. The van der Waals surface area contributed by atoms with Crippen LogP contribution >= 0.6 is 0 Å². The second-order valence-electron chi connectivity index (χ2n) is 8.69. The number of aliphatic hydroxyl groups is 2. The molecule has 0 fully saturated rings. The molecule has 0 amide bonds. The van der Waals surface area contributed by atoms with Gasteiger partial charge < -0.3 is 19.8 Å². The summed E-state index contributed by atoms with van der Waals surface area (Å²) < 4.78 is 6.22. The van der Waals surface area contributed by atoms with Crippen LogP contribution in [0, 0.1) is 0 Å². The Morgan fingerprint density at radius 1 is 0.941 bits per heavy atom. The lowest BCUT2D eigenvalue weighted by molar-refractivity contribution is -0.161. The van der Waals surface area contributed by atoms with E-state index in [4.69, 9.17) is 4.74 Å². The Morgan fingerprint density at radius 2 is 1.62 bits per heavy atom. The Morgan fingerprint density at radius 3 is 2.26 bits per heavy atom. The van der Waals surface area contributed by atoms with Gasteiger partial charge >= 0.3 is 5.97 Å². The van der Waals surface area contributed by atoms with Crippen molar-refractivity contribution < 1.29 is 19.7 Å². The second-order valence-corrected chi connectivity index (χ2v) is 8.69. The van der Waals surface area contributed by atoms with Crippen LogP contribution in [0.25, 0.3) is 0 Å². The Kier molecular flexibility index (Phi) is 7.33. The zero-order valence-corrected chi connectivity index (χ0v) is 19.5. The number of carbonyl (C=O) groups excluding carboxylic acids is 1. The van der Waals surface area contributed by atoms with Crippen molar-refractivity contribution in [1.29, 1.82) is 0 Å². The van der Waals surface area contributed by atoms with Crippen LogP contribution in [0.15, 0.2) is 96.4 Å². The molecule has 0 aromatic heterocycles. The first-order chi connectivity index (χ1) is 16.6. The van der Waals surface area contributed by atoms with E-state index in [1.165, 1.54) is 0 Å². The van der Waals surface area contributed by atoms with Gasteiger partial charge in [0.05, 0.1) is 13.0 Å². The predicted molar refractivity (Wildman–Crippen MR) is 133 cm³/mol. The number of benzene rings is 3. The molecule has 1 atom stereocenters. The van der Waals surface area contributed by atoms with Crippen LogP contribution < -0.4 is 4.90 Å². The minimum atomic E-state index is -0.952. The maximum Gasteiger partial charge on any atom is 0.359 e. The lowest BCUT2D eigenvalue weighted by Gasteiger charge is -2.40. The first-order valence-electron chi connectivity index (χ1n) is 11.8. The number of ether oxygens (including phenoxy) is 1. The summed E-state index contributed by atoms with van der Waals surface area (Å²) in [7, 11) is 0. The van der Waals surface area contributed by atoms with Crippen molar-refractivity contribution >= 4 is 11.7 Å². The highest BCUT2D eigenvalue weighted by molar-refractivity contribution is 5.94. The van der Waals surface area contributed by atoms with Crippen molar-refractivity contribution in [2.24, 2.45) is 0 Å². The number of nitrogens with zero attached hydrogens (tertiary/aromatic N) is 1. The van der Waals surface area contributed by atoms with Gasteiger partial charge in [-0.1, -0.05) is 79.7 Å². The van der Waals surface area contributed by atoms with Crippen molar-refractivity contribution in [2.75, 3.05) is 11.4 Å². The minimum absolute atomic E-state index is 0.0241. The third kappa shape index (κ3) is 5.00. The van der Waals surface area contributed by atoms with E-state index in [0.29, 0.717) is 19.4 Å². The van der Waals surface area contributed by atoms with E-state index < -0.39 is 11.6 Å². The average molecular weight is 458 g/mol. The Balaban J connectivity index is 1.72. The predicted octanol–water partition coefficient (Wildman–Crippen LogP) is 5.64. The van der Waals surface area contributed by atoms with Crippen LogP contribution in [-0.4, -0.2) is 22.7 Å². The second kappa shape index (κ2) is 10.6. The maximum absolute atomic E-state index is 13.5. The molecule has 5 heteroatoms. The zero-order valence-electron chi connectivity index (χ0n) is 19.5. The number of hydrogen-bond acceptors (Lipinski definition) is 5. The summed E-state index contributed by atoms with van der Waals surface area (Å²) in [6.45, 7) is 2.45. The lowest BCUT2D eigenvalue weighted by atomic mass is 9.82. The summed E-state index contributed by atoms with van der Waals surface area (Å²) in [5.41, 5.74) is 2.72. The highest BCUT2D eigenvalue weighted by Gasteiger charge is 2.44. The van der Waals surface area contributed by atoms with Crippen LogP contribution in [0.5, 0.6) is 0 Å². The molecule has 0 radical (unpaired) electrons. The normalized spacial score (nSPS) is 18.0. The molecule has 34 heavy (non-hydrogen) atoms. The molecule has 0 aliphatic carbocycles. The summed E-state index contributed by atoms with van der Waals surface area (Å²) in [5, 5.41) is 20.9. The summed E-state index contributed by atoms with van der Waals surface area (Å²) in [4.78, 5) is 15.3. The molecule has 0 saturated heterocycles. The Hall–Kier alpha value is -3.57. The SMILES string of the molecule is CCCN(C1=C(O)CC(CCc2ccccc2)(c2ccccc2)OC1=O)c1cccc(CO)c1. The molecule has 1 heterocycles. The summed E-state index contributed by atoms with van der Waals surface area (Å²) in [5.74, 6) is -0.514. The van der Waals surface area contributed by atoms with Gasteiger partial charge in [-0.25, -0.2) is 4.79 Å². The molecule has 1 unspecified atom stereocenters. The van der Waals surface area contributed by atoms with Crippen molar-refractivity contribution in [3.63, 3.8) is 0 Å². The van der Waals surface area contributed by atoms with Crippen LogP contribution in [-0.2, 0) is 28.2 Å². The van der Waals surface area contributed by atoms with Crippen molar-refractivity contribution in [2.45, 2.75) is 44.8 Å². The molecule has 0 bridgehead atoms. The van der Waals surface area contributed by atoms with E-state index in [9.17, 15) is 15.0 Å². The third-order valence-corrected chi connectivity index (χ3v) is 6.29. The minimum Gasteiger partial charge on any atom is -0.510 e. The summed E-state index contributed by atoms with van der Waals surface area (Å²) in [6, 6.07) is 27.1. The molecule has 4 rings (SSSR count). The van der Waals surface area contributed by atoms with Gasteiger partial charge in [0, 0.05) is 12.2 Å². The molecule has 3 aromatic rings. The van der Waals surface area contributed by atoms with Crippen molar-refractivity contribution in [1.82, 2.24) is 0 Å². The zero-order chi connectivity index (χ0) is 24.0. The number of aliphatic hydroxyl groups excluding tert-OH is 2. The fourth-order valence-electron chi connectivity index (χ4n) is 4.59. The highest BCUT2D eigenvalue weighted by atomic mass is 16.6. The molecule has 176 valence electrons. The van der Waals surface area contributed by atoms with Crippen LogP contribution in [0.1, 0.15) is 42.9 Å². The van der Waals surface area contributed by atoms with E-state index in [-0.39, 0.29) is 24.5 Å². The Bertz CT molecular complexity index is 1140. The van der Waals surface area contributed by atoms with Gasteiger partial charge in [0.15, 0.2) is 5.70 Å². The van der Waals surface area contributed by atoms with Crippen LogP contribution in [0.4, 0.5) is 5.69 Å². The first kappa shape index (κ1) is 23.6. The number of carbonyl (C=O) groups is 1. The quantitative estimate of drug-likeness (QED) is 0.407. The Labute approximate surface area is 200 Å². The van der Waals surface area contributed by atoms with Gasteiger partial charge in [0.2, 0.25) is 0 Å². The molecule has 5 nitrogen and oxygen atoms in total. The van der Waals surface area contributed by atoms with E-state index >= 15 is 0 Å². The molecule has 0 saturated carbocycles.